The van der Waals surface area contributed by atoms with Gasteiger partial charge in [-0.15, -0.1) is 0 Å². The van der Waals surface area contributed by atoms with Crippen LogP contribution < -0.4 is 0 Å². The fraction of sp³-hybridized carbons (Fsp3) is 1.00. The van der Waals surface area contributed by atoms with E-state index in [2.05, 4.69) is 0 Å². The van der Waals surface area contributed by atoms with Crippen LogP contribution in [-0.4, -0.2) is 45.8 Å². The van der Waals surface area contributed by atoms with Crippen LogP contribution >= 0.6 is 0 Å². The summed E-state index contributed by atoms with van der Waals surface area (Å²) in [6.45, 7) is 5.14. The molecule has 0 saturated heterocycles. The van der Waals surface area contributed by atoms with Gasteiger partial charge < -0.3 is 20.4 Å². The summed E-state index contributed by atoms with van der Waals surface area (Å²) < 4.78 is 0. The van der Waals surface area contributed by atoms with Crippen molar-refractivity contribution in [3.8, 4) is 0 Å². The fourth-order valence-electron chi connectivity index (χ4n) is 1.73. The van der Waals surface area contributed by atoms with Crippen molar-refractivity contribution in [1.82, 2.24) is 0 Å². The highest BCUT2D eigenvalue weighted by Crippen LogP contribution is 2.31. The number of hydrogen-bond donors (Lipinski definition) is 4. The maximum atomic E-state index is 10.0. The highest BCUT2D eigenvalue weighted by molar-refractivity contribution is 4.88. The number of aliphatic hydroxyl groups is 4. The van der Waals surface area contributed by atoms with Crippen molar-refractivity contribution in [3.63, 3.8) is 0 Å². The molecule has 0 aliphatic carbocycles. The minimum absolute atomic E-state index is 0.163. The lowest BCUT2D eigenvalue weighted by molar-refractivity contribution is -0.106. The van der Waals surface area contributed by atoms with Crippen LogP contribution in [0.1, 0.15) is 40.0 Å². The highest BCUT2D eigenvalue weighted by Gasteiger charge is 2.38. The first-order chi connectivity index (χ1) is 7.42. The molecule has 16 heavy (non-hydrogen) atoms. The Hall–Kier alpha value is -0.160. The summed E-state index contributed by atoms with van der Waals surface area (Å²) in [5.41, 5.74) is -0.696. The molecule has 0 aromatic rings. The molecule has 0 fully saturated rings. The monoisotopic (exact) mass is 234 g/mol. The van der Waals surface area contributed by atoms with E-state index in [9.17, 15) is 15.3 Å². The van der Waals surface area contributed by atoms with E-state index in [4.69, 9.17) is 5.11 Å². The van der Waals surface area contributed by atoms with Crippen molar-refractivity contribution >= 4 is 0 Å². The van der Waals surface area contributed by atoms with Gasteiger partial charge in [-0.25, -0.2) is 0 Å². The van der Waals surface area contributed by atoms with E-state index in [0.717, 1.165) is 12.8 Å². The molecule has 0 aromatic heterocycles. The third-order valence-corrected chi connectivity index (χ3v) is 3.37. The van der Waals surface area contributed by atoms with Crippen molar-refractivity contribution in [2.24, 2.45) is 11.3 Å². The van der Waals surface area contributed by atoms with Gasteiger partial charge in [-0.3, -0.25) is 0 Å². The van der Waals surface area contributed by atoms with Gasteiger partial charge in [-0.2, -0.15) is 0 Å². The van der Waals surface area contributed by atoms with E-state index >= 15 is 0 Å². The van der Waals surface area contributed by atoms with Gasteiger partial charge in [0.2, 0.25) is 0 Å². The van der Waals surface area contributed by atoms with E-state index in [1.165, 1.54) is 0 Å². The van der Waals surface area contributed by atoms with Gasteiger partial charge in [0.15, 0.2) is 0 Å². The molecule has 4 heteroatoms. The van der Waals surface area contributed by atoms with Crippen molar-refractivity contribution in [2.75, 3.05) is 13.2 Å². The Morgan fingerprint density at radius 1 is 1.19 bits per heavy atom. The molecule has 0 aliphatic rings. The molecule has 0 saturated carbocycles. The molecule has 0 radical (unpaired) electrons. The topological polar surface area (TPSA) is 80.9 Å². The summed E-state index contributed by atoms with van der Waals surface area (Å²) in [5, 5.41) is 38.2. The standard InChI is InChI=1S/C12H26O4/c1-4-5-6-12(3,8-14)11(16)10(15)9(2)7-13/h9-11,13-16H,4-8H2,1-3H3. The zero-order chi connectivity index (χ0) is 12.8. The molecule has 0 aliphatic heterocycles. The number of hydrogen-bond acceptors (Lipinski definition) is 4. The first-order valence-corrected chi connectivity index (χ1v) is 6.00. The molecule has 4 unspecified atom stereocenters. The molecule has 0 amide bonds. The Morgan fingerprint density at radius 2 is 1.75 bits per heavy atom. The van der Waals surface area contributed by atoms with E-state index in [0.29, 0.717) is 6.42 Å². The number of rotatable bonds is 8. The molecule has 4 nitrogen and oxygen atoms in total. The van der Waals surface area contributed by atoms with Crippen LogP contribution in [0, 0.1) is 11.3 Å². The van der Waals surface area contributed by atoms with Crippen LogP contribution in [0.2, 0.25) is 0 Å². The summed E-state index contributed by atoms with van der Waals surface area (Å²) in [4.78, 5) is 0. The van der Waals surface area contributed by atoms with E-state index < -0.39 is 17.6 Å². The molecule has 0 bridgehead atoms. The van der Waals surface area contributed by atoms with Gasteiger partial charge in [0.25, 0.3) is 0 Å². The predicted molar refractivity (Wildman–Crippen MR) is 63.0 cm³/mol. The maximum Gasteiger partial charge on any atom is 0.0877 e. The average molecular weight is 234 g/mol. The minimum Gasteiger partial charge on any atom is -0.396 e. The predicted octanol–water partition coefficient (Wildman–Crippen LogP) is 0.525. The lowest BCUT2D eigenvalue weighted by Crippen LogP contribution is -2.47. The smallest absolute Gasteiger partial charge is 0.0877 e. The van der Waals surface area contributed by atoms with Gasteiger partial charge in [0.05, 0.1) is 18.8 Å². The van der Waals surface area contributed by atoms with Gasteiger partial charge in [-0.05, 0) is 6.42 Å². The van der Waals surface area contributed by atoms with Crippen LogP contribution in [0.4, 0.5) is 0 Å². The quantitative estimate of drug-likeness (QED) is 0.494. The molecule has 0 spiro atoms. The second-order valence-electron chi connectivity index (χ2n) is 5.01. The van der Waals surface area contributed by atoms with E-state index in [-0.39, 0.29) is 19.1 Å². The Balaban J connectivity index is 4.54. The summed E-state index contributed by atoms with van der Waals surface area (Å²) in [5.74, 6) is -0.387. The normalized spacial score (nSPS) is 21.2. The summed E-state index contributed by atoms with van der Waals surface area (Å²) in [7, 11) is 0. The van der Waals surface area contributed by atoms with Gasteiger partial charge in [0.1, 0.15) is 0 Å². The van der Waals surface area contributed by atoms with Crippen molar-refractivity contribution in [2.45, 2.75) is 52.2 Å². The average Bonchev–Trinajstić information content (AvgIpc) is 2.32. The SMILES string of the molecule is CCCCC(C)(CO)C(O)C(O)C(C)CO. The van der Waals surface area contributed by atoms with Crippen molar-refractivity contribution in [3.05, 3.63) is 0 Å². The zero-order valence-electron chi connectivity index (χ0n) is 10.6. The first kappa shape index (κ1) is 15.8. The first-order valence-electron chi connectivity index (χ1n) is 6.00. The number of aliphatic hydroxyl groups excluding tert-OH is 4. The van der Waals surface area contributed by atoms with E-state index in [1.54, 1.807) is 13.8 Å². The van der Waals surface area contributed by atoms with Crippen LogP contribution in [0.5, 0.6) is 0 Å². The van der Waals surface area contributed by atoms with Crippen LogP contribution in [0.25, 0.3) is 0 Å². The largest absolute Gasteiger partial charge is 0.396 e. The second-order valence-corrected chi connectivity index (χ2v) is 5.01. The Bertz CT molecular complexity index is 186. The summed E-state index contributed by atoms with van der Waals surface area (Å²) in [6, 6.07) is 0. The molecular weight excluding hydrogens is 208 g/mol. The molecule has 0 aromatic carbocycles. The summed E-state index contributed by atoms with van der Waals surface area (Å²) in [6.07, 6.45) is 0.531. The second kappa shape index (κ2) is 7.22. The van der Waals surface area contributed by atoms with E-state index in [1.807, 2.05) is 6.92 Å². The minimum atomic E-state index is -1.01. The van der Waals surface area contributed by atoms with Gasteiger partial charge >= 0.3 is 0 Å². The Morgan fingerprint density at radius 3 is 2.12 bits per heavy atom. The van der Waals surface area contributed by atoms with Gasteiger partial charge in [0, 0.05) is 17.9 Å². The molecule has 4 atom stereocenters. The van der Waals surface area contributed by atoms with Crippen LogP contribution in [0.15, 0.2) is 0 Å². The third kappa shape index (κ3) is 4.01. The Kier molecular flexibility index (Phi) is 7.15. The molecule has 98 valence electrons. The van der Waals surface area contributed by atoms with Crippen molar-refractivity contribution in [1.29, 1.82) is 0 Å². The maximum absolute atomic E-state index is 10.0. The third-order valence-electron chi connectivity index (χ3n) is 3.37. The molecule has 0 heterocycles. The molecule has 4 N–H and O–H groups in total. The lowest BCUT2D eigenvalue weighted by Gasteiger charge is -2.37. The number of unbranched alkanes of at least 4 members (excludes halogenated alkanes) is 1. The molecule has 0 rings (SSSR count). The van der Waals surface area contributed by atoms with Gasteiger partial charge in [-0.1, -0.05) is 33.6 Å². The summed E-state index contributed by atoms with van der Waals surface area (Å²) >= 11 is 0. The zero-order valence-corrected chi connectivity index (χ0v) is 10.6. The Labute approximate surface area is 97.9 Å². The highest BCUT2D eigenvalue weighted by atomic mass is 16.3. The van der Waals surface area contributed by atoms with Crippen LogP contribution in [0.3, 0.4) is 0 Å². The van der Waals surface area contributed by atoms with Crippen LogP contribution in [-0.2, 0) is 0 Å². The lowest BCUT2D eigenvalue weighted by atomic mass is 9.76. The molecular formula is C12H26O4. The van der Waals surface area contributed by atoms with Crippen molar-refractivity contribution < 1.29 is 20.4 Å². The fourth-order valence-corrected chi connectivity index (χ4v) is 1.73.